The number of methoxy groups -OCH3 is 1. The van der Waals surface area contributed by atoms with Gasteiger partial charge >= 0.3 is 11.4 Å². The Kier molecular flexibility index (Phi) is 2.40. The van der Waals surface area contributed by atoms with Gasteiger partial charge in [0, 0.05) is 0 Å². The molecule has 0 aliphatic rings. The van der Waals surface area contributed by atoms with Gasteiger partial charge in [0.05, 0.1) is 19.8 Å². The van der Waals surface area contributed by atoms with E-state index in [1.165, 1.54) is 14.2 Å². The number of rotatable bonds is 2. The van der Waals surface area contributed by atoms with Crippen molar-refractivity contribution < 1.29 is 9.26 Å². The number of benzene rings is 1. The maximum atomic E-state index is 11.7. The van der Waals surface area contributed by atoms with Gasteiger partial charge in [0.15, 0.2) is 0 Å². The molecule has 0 saturated heterocycles. The maximum absolute atomic E-state index is 11.7. The van der Waals surface area contributed by atoms with Crippen molar-refractivity contribution in [2.45, 2.75) is 0 Å². The number of nitrogens with one attached hydrogen (secondary N) is 1. The fourth-order valence-corrected chi connectivity index (χ4v) is 1.46. The molecule has 0 aliphatic carbocycles. The van der Waals surface area contributed by atoms with Crippen molar-refractivity contribution >= 4 is 0 Å². The summed E-state index contributed by atoms with van der Waals surface area (Å²) < 4.78 is 12.1. The van der Waals surface area contributed by atoms with Crippen molar-refractivity contribution in [2.75, 3.05) is 7.11 Å². The number of hydrogen-bond acceptors (Lipinski definition) is 4. The van der Waals surface area contributed by atoms with Gasteiger partial charge in [0.2, 0.25) is 0 Å². The molecule has 16 heavy (non-hydrogen) atoms. The Morgan fingerprint density at radius 1 is 1.38 bits per heavy atom. The second-order valence-electron chi connectivity index (χ2n) is 3.18. The van der Waals surface area contributed by atoms with E-state index in [0.717, 1.165) is 9.31 Å². The molecule has 0 fully saturated rings. The molecular formula is C10H11N3O3. The smallest absolute Gasteiger partial charge is 0.365 e. The molecule has 6 nitrogen and oxygen atoms in total. The van der Waals surface area contributed by atoms with E-state index in [2.05, 4.69) is 0 Å². The molecule has 84 valence electrons. The van der Waals surface area contributed by atoms with Crippen LogP contribution >= 0.6 is 0 Å². The normalized spacial score (nSPS) is 10.4. The molecule has 1 N–H and O–H groups in total. The summed E-state index contributed by atoms with van der Waals surface area (Å²) in [5.41, 5.74) is -0.171. The molecule has 6 heteroatoms. The summed E-state index contributed by atoms with van der Waals surface area (Å²) in [5, 5.41) is 7.56. The lowest BCUT2D eigenvalue weighted by Gasteiger charge is -2.05. The molecule has 1 aromatic heterocycles. The van der Waals surface area contributed by atoms with Gasteiger partial charge in [-0.15, -0.1) is 0 Å². The molecule has 2 aromatic rings. The van der Waals surface area contributed by atoms with Gasteiger partial charge in [-0.1, -0.05) is 12.1 Å². The summed E-state index contributed by atoms with van der Waals surface area (Å²) in [6.07, 6.45) is 0. The van der Waals surface area contributed by atoms with Crippen LogP contribution in [0.25, 0.3) is 5.69 Å². The highest BCUT2D eigenvalue weighted by atomic mass is 16.5. The lowest BCUT2D eigenvalue weighted by atomic mass is 10.3. The highest BCUT2D eigenvalue weighted by Crippen LogP contribution is 2.18. The predicted molar refractivity (Wildman–Crippen MR) is 55.7 cm³/mol. The van der Waals surface area contributed by atoms with Crippen molar-refractivity contribution in [1.29, 1.82) is 5.41 Å². The van der Waals surface area contributed by atoms with Gasteiger partial charge in [0.1, 0.15) is 5.75 Å². The minimum atomic E-state index is -0.422. The molecule has 1 heterocycles. The predicted octanol–water partition coefficient (Wildman–Crippen LogP) is 0.257. The zero-order valence-electron chi connectivity index (χ0n) is 8.93. The highest BCUT2D eigenvalue weighted by Gasteiger charge is 2.12. The zero-order chi connectivity index (χ0) is 11.7. The quantitative estimate of drug-likeness (QED) is 0.790. The van der Waals surface area contributed by atoms with Gasteiger partial charge in [-0.25, -0.2) is 14.8 Å². The van der Waals surface area contributed by atoms with Crippen LogP contribution in [0.2, 0.25) is 0 Å². The van der Waals surface area contributed by atoms with Gasteiger partial charge in [0.25, 0.3) is 0 Å². The largest absolute Gasteiger partial charge is 0.495 e. The average molecular weight is 221 g/mol. The van der Waals surface area contributed by atoms with Gasteiger partial charge in [-0.05, 0) is 12.1 Å². The molecule has 0 unspecified atom stereocenters. The molecule has 0 spiro atoms. The maximum Gasteiger partial charge on any atom is 0.365 e. The Balaban J connectivity index is 2.77. The minimum absolute atomic E-state index is 0.239. The second kappa shape index (κ2) is 3.73. The first-order valence-corrected chi connectivity index (χ1v) is 4.62. The van der Waals surface area contributed by atoms with E-state index in [0.29, 0.717) is 11.4 Å². The fourth-order valence-electron chi connectivity index (χ4n) is 1.46. The van der Waals surface area contributed by atoms with E-state index in [1.54, 1.807) is 24.3 Å². The molecule has 0 radical (unpaired) electrons. The average Bonchev–Trinajstić information content (AvgIpc) is 2.53. The monoisotopic (exact) mass is 221 g/mol. The van der Waals surface area contributed by atoms with Crippen LogP contribution < -0.4 is 16.1 Å². The van der Waals surface area contributed by atoms with E-state index >= 15 is 0 Å². The third kappa shape index (κ3) is 1.44. The number of aryl methyl sites for hydroxylation is 1. The van der Waals surface area contributed by atoms with Crippen LogP contribution in [0.15, 0.2) is 33.6 Å². The standard InChI is InChI=1S/C10H11N3O3/c1-12-10(14)13(9(11)16-12)7-5-3-4-6-8(7)15-2/h3-6,11H,1-2H3. The molecule has 0 atom stereocenters. The fraction of sp³-hybridized carbons (Fsp3) is 0.200. The van der Waals surface area contributed by atoms with E-state index in [4.69, 9.17) is 14.7 Å². The first kappa shape index (κ1) is 10.3. The molecule has 2 rings (SSSR count). The van der Waals surface area contributed by atoms with Crippen LogP contribution in [-0.2, 0) is 7.05 Å². The van der Waals surface area contributed by atoms with E-state index in [1.807, 2.05) is 0 Å². The van der Waals surface area contributed by atoms with Gasteiger partial charge in [-0.3, -0.25) is 0 Å². The van der Waals surface area contributed by atoms with E-state index < -0.39 is 5.69 Å². The first-order valence-electron chi connectivity index (χ1n) is 4.62. The number of aromatic nitrogens is 2. The second-order valence-corrected chi connectivity index (χ2v) is 3.18. The van der Waals surface area contributed by atoms with Crippen molar-refractivity contribution in [3.8, 4) is 11.4 Å². The third-order valence-corrected chi connectivity index (χ3v) is 2.21. The molecule has 0 amide bonds. The van der Waals surface area contributed by atoms with E-state index in [9.17, 15) is 4.79 Å². The molecule has 0 aliphatic heterocycles. The summed E-state index contributed by atoms with van der Waals surface area (Å²) >= 11 is 0. The molecular weight excluding hydrogens is 210 g/mol. The highest BCUT2D eigenvalue weighted by molar-refractivity contribution is 5.45. The number of ether oxygens (including phenoxy) is 1. The number of hydrogen-bond donors (Lipinski definition) is 1. The number of nitrogens with zero attached hydrogens (tertiary/aromatic N) is 2. The third-order valence-electron chi connectivity index (χ3n) is 2.21. The summed E-state index contributed by atoms with van der Waals surface area (Å²) in [7, 11) is 2.96. The summed E-state index contributed by atoms with van der Waals surface area (Å²) in [6, 6.07) is 6.95. The zero-order valence-corrected chi connectivity index (χ0v) is 8.93. The minimum Gasteiger partial charge on any atom is -0.495 e. The molecule has 1 aromatic carbocycles. The Bertz CT molecular complexity index is 621. The van der Waals surface area contributed by atoms with Crippen molar-refractivity contribution in [1.82, 2.24) is 9.31 Å². The topological polar surface area (TPSA) is 73.2 Å². The van der Waals surface area contributed by atoms with Gasteiger partial charge < -0.3 is 9.26 Å². The van der Waals surface area contributed by atoms with Crippen LogP contribution in [0.5, 0.6) is 5.75 Å². The molecule has 0 bridgehead atoms. The lowest BCUT2D eigenvalue weighted by Crippen LogP contribution is -2.26. The summed E-state index contributed by atoms with van der Waals surface area (Å²) in [6.45, 7) is 0. The van der Waals surface area contributed by atoms with Crippen LogP contribution in [0.1, 0.15) is 0 Å². The molecule has 0 saturated carbocycles. The van der Waals surface area contributed by atoms with Crippen LogP contribution in [-0.4, -0.2) is 16.4 Å². The summed E-state index contributed by atoms with van der Waals surface area (Å²) in [4.78, 5) is 11.7. The van der Waals surface area contributed by atoms with Crippen molar-refractivity contribution in [2.24, 2.45) is 7.05 Å². The van der Waals surface area contributed by atoms with Crippen LogP contribution in [0, 0.1) is 5.41 Å². The number of para-hydroxylation sites is 2. The first-order chi connectivity index (χ1) is 7.65. The van der Waals surface area contributed by atoms with Crippen molar-refractivity contribution in [3.05, 3.63) is 40.4 Å². The summed E-state index contributed by atoms with van der Waals surface area (Å²) in [5.74, 6) is 0.513. The Morgan fingerprint density at radius 2 is 2.06 bits per heavy atom. The Labute approximate surface area is 90.8 Å². The SMILES string of the molecule is COc1ccccc1-n1c(=N)on(C)c1=O. The van der Waals surface area contributed by atoms with Gasteiger partial charge in [-0.2, -0.15) is 4.74 Å². The van der Waals surface area contributed by atoms with E-state index in [-0.39, 0.29) is 5.68 Å². The Morgan fingerprint density at radius 3 is 2.62 bits per heavy atom. The van der Waals surface area contributed by atoms with Crippen LogP contribution in [0.4, 0.5) is 0 Å². The van der Waals surface area contributed by atoms with Crippen molar-refractivity contribution in [3.63, 3.8) is 0 Å². The van der Waals surface area contributed by atoms with Crippen LogP contribution in [0.3, 0.4) is 0 Å². The lowest BCUT2D eigenvalue weighted by molar-refractivity contribution is 0.265. The Hall–Kier alpha value is -2.24.